The number of sulfonamides is 1. The average Bonchev–Trinajstić information content (AvgIpc) is 2.54. The molecule has 0 radical (unpaired) electrons. The van der Waals surface area contributed by atoms with E-state index < -0.39 is 10.0 Å². The van der Waals surface area contributed by atoms with Crippen LogP contribution in [0.1, 0.15) is 19.4 Å². The highest BCUT2D eigenvalue weighted by Crippen LogP contribution is 2.30. The van der Waals surface area contributed by atoms with Crippen LogP contribution in [-0.2, 0) is 16.4 Å². The van der Waals surface area contributed by atoms with Crippen LogP contribution in [0.15, 0.2) is 47.4 Å². The fourth-order valence-corrected chi connectivity index (χ4v) is 3.43. The molecule has 0 amide bonds. The molecule has 0 aliphatic heterocycles. The van der Waals surface area contributed by atoms with Crippen molar-refractivity contribution in [3.05, 3.63) is 48.0 Å². The molecule has 0 saturated heterocycles. The van der Waals surface area contributed by atoms with Gasteiger partial charge in [-0.05, 0) is 42.2 Å². The van der Waals surface area contributed by atoms with Gasteiger partial charge >= 0.3 is 0 Å². The van der Waals surface area contributed by atoms with Crippen LogP contribution >= 0.6 is 0 Å². The minimum absolute atomic E-state index is 0.208. The molecule has 0 unspecified atom stereocenters. The van der Waals surface area contributed by atoms with Crippen molar-refractivity contribution in [3.63, 3.8) is 0 Å². The highest BCUT2D eigenvalue weighted by Gasteiger charge is 2.17. The lowest BCUT2D eigenvalue weighted by atomic mass is 10.0. The molecule has 0 fully saturated rings. The van der Waals surface area contributed by atoms with E-state index in [-0.39, 0.29) is 4.90 Å². The van der Waals surface area contributed by atoms with Crippen molar-refractivity contribution in [2.75, 3.05) is 18.9 Å². The molecule has 2 aromatic carbocycles. The standard InChI is InChI=1S/C18H23NO4S/c1-13(2)11-14-5-8-16(9-6-14)24(20,21)19-17-12-15(22-3)7-10-18(17)23-4/h5-10,12-13,19H,11H2,1-4H3. The Morgan fingerprint density at radius 2 is 1.67 bits per heavy atom. The Morgan fingerprint density at radius 1 is 1.00 bits per heavy atom. The maximum atomic E-state index is 12.6. The Labute approximate surface area is 143 Å². The summed E-state index contributed by atoms with van der Waals surface area (Å²) >= 11 is 0. The average molecular weight is 349 g/mol. The maximum Gasteiger partial charge on any atom is 0.262 e. The van der Waals surface area contributed by atoms with Gasteiger partial charge in [0, 0.05) is 6.07 Å². The number of benzene rings is 2. The first-order valence-corrected chi connectivity index (χ1v) is 9.18. The van der Waals surface area contributed by atoms with Crippen molar-refractivity contribution in [3.8, 4) is 11.5 Å². The molecule has 0 aliphatic carbocycles. The minimum atomic E-state index is -3.70. The maximum absolute atomic E-state index is 12.6. The SMILES string of the molecule is COc1ccc(OC)c(NS(=O)(=O)c2ccc(CC(C)C)cc2)c1. The van der Waals surface area contributed by atoms with E-state index in [4.69, 9.17) is 9.47 Å². The van der Waals surface area contributed by atoms with E-state index in [1.54, 1.807) is 30.3 Å². The van der Waals surface area contributed by atoms with E-state index in [0.717, 1.165) is 12.0 Å². The van der Waals surface area contributed by atoms with Crippen molar-refractivity contribution in [2.24, 2.45) is 5.92 Å². The molecule has 6 heteroatoms. The summed E-state index contributed by atoms with van der Waals surface area (Å²) in [7, 11) is -0.694. The highest BCUT2D eigenvalue weighted by molar-refractivity contribution is 7.92. The normalized spacial score (nSPS) is 11.4. The third-order valence-corrected chi connectivity index (χ3v) is 4.91. The number of anilines is 1. The number of rotatable bonds is 7. The van der Waals surface area contributed by atoms with Gasteiger partial charge in [-0.15, -0.1) is 0 Å². The number of hydrogen-bond donors (Lipinski definition) is 1. The minimum Gasteiger partial charge on any atom is -0.497 e. The number of nitrogens with one attached hydrogen (secondary N) is 1. The van der Waals surface area contributed by atoms with Crippen molar-refractivity contribution in [1.82, 2.24) is 0 Å². The second kappa shape index (κ2) is 7.57. The van der Waals surface area contributed by atoms with E-state index in [9.17, 15) is 8.42 Å². The summed E-state index contributed by atoms with van der Waals surface area (Å²) in [5.41, 5.74) is 1.45. The van der Waals surface area contributed by atoms with E-state index in [2.05, 4.69) is 18.6 Å². The molecule has 0 heterocycles. The van der Waals surface area contributed by atoms with Crippen LogP contribution in [0.3, 0.4) is 0 Å². The zero-order valence-corrected chi connectivity index (χ0v) is 15.2. The molecule has 0 atom stereocenters. The summed E-state index contributed by atoms with van der Waals surface area (Å²) in [6.45, 7) is 4.25. The van der Waals surface area contributed by atoms with E-state index in [1.165, 1.54) is 14.2 Å². The van der Waals surface area contributed by atoms with Crippen LogP contribution in [0.4, 0.5) is 5.69 Å². The molecule has 0 spiro atoms. The van der Waals surface area contributed by atoms with Crippen LogP contribution in [0.2, 0.25) is 0 Å². The fourth-order valence-electron chi connectivity index (χ4n) is 2.37. The molecule has 0 bridgehead atoms. The zero-order chi connectivity index (χ0) is 17.7. The van der Waals surface area contributed by atoms with Crippen molar-refractivity contribution >= 4 is 15.7 Å². The number of methoxy groups -OCH3 is 2. The largest absolute Gasteiger partial charge is 0.497 e. The Kier molecular flexibility index (Phi) is 5.72. The van der Waals surface area contributed by atoms with Gasteiger partial charge in [-0.3, -0.25) is 4.72 Å². The van der Waals surface area contributed by atoms with Crippen molar-refractivity contribution in [2.45, 2.75) is 25.2 Å². The molecule has 5 nitrogen and oxygen atoms in total. The summed E-state index contributed by atoms with van der Waals surface area (Å²) in [5, 5.41) is 0. The quantitative estimate of drug-likeness (QED) is 0.828. The van der Waals surface area contributed by atoms with Gasteiger partial charge in [0.2, 0.25) is 0 Å². The predicted molar refractivity (Wildman–Crippen MR) is 95.3 cm³/mol. The van der Waals surface area contributed by atoms with Gasteiger partial charge in [0.25, 0.3) is 10.0 Å². The Hall–Kier alpha value is -2.21. The zero-order valence-electron chi connectivity index (χ0n) is 14.4. The molecule has 2 aromatic rings. The molecule has 0 saturated carbocycles. The Balaban J connectivity index is 2.28. The monoisotopic (exact) mass is 349 g/mol. The first-order valence-electron chi connectivity index (χ1n) is 7.69. The molecule has 130 valence electrons. The molecular weight excluding hydrogens is 326 g/mol. The number of hydrogen-bond acceptors (Lipinski definition) is 4. The smallest absolute Gasteiger partial charge is 0.262 e. The lowest BCUT2D eigenvalue weighted by Crippen LogP contribution is -2.14. The first-order chi connectivity index (χ1) is 11.4. The van der Waals surface area contributed by atoms with Gasteiger partial charge in [0.1, 0.15) is 11.5 Å². The molecule has 2 rings (SSSR count). The van der Waals surface area contributed by atoms with E-state index in [1.807, 2.05) is 12.1 Å². The van der Waals surface area contributed by atoms with Gasteiger partial charge in [0.05, 0.1) is 24.8 Å². The first kappa shape index (κ1) is 18.1. The van der Waals surface area contributed by atoms with Gasteiger partial charge in [-0.25, -0.2) is 8.42 Å². The molecular formula is C18H23NO4S. The lowest BCUT2D eigenvalue weighted by Gasteiger charge is -2.13. The summed E-state index contributed by atoms with van der Waals surface area (Å²) in [4.78, 5) is 0.208. The fraction of sp³-hybridized carbons (Fsp3) is 0.333. The van der Waals surface area contributed by atoms with Crippen molar-refractivity contribution in [1.29, 1.82) is 0 Å². The summed E-state index contributed by atoms with van der Waals surface area (Å²) < 4.78 is 38.1. The molecule has 0 aliphatic rings. The second-order valence-electron chi connectivity index (χ2n) is 5.91. The molecule has 1 N–H and O–H groups in total. The highest BCUT2D eigenvalue weighted by atomic mass is 32.2. The Bertz CT molecular complexity index is 783. The van der Waals surface area contributed by atoms with E-state index >= 15 is 0 Å². The lowest BCUT2D eigenvalue weighted by molar-refractivity contribution is 0.405. The predicted octanol–water partition coefficient (Wildman–Crippen LogP) is 3.70. The van der Waals surface area contributed by atoms with Gasteiger partial charge in [-0.2, -0.15) is 0 Å². The third kappa shape index (κ3) is 4.41. The van der Waals surface area contributed by atoms with Crippen LogP contribution in [0, 0.1) is 5.92 Å². The van der Waals surface area contributed by atoms with Crippen LogP contribution < -0.4 is 14.2 Å². The van der Waals surface area contributed by atoms with Crippen LogP contribution in [-0.4, -0.2) is 22.6 Å². The van der Waals surface area contributed by atoms with Gasteiger partial charge in [-0.1, -0.05) is 26.0 Å². The summed E-state index contributed by atoms with van der Waals surface area (Å²) in [6.07, 6.45) is 0.914. The Morgan fingerprint density at radius 3 is 2.21 bits per heavy atom. The van der Waals surface area contributed by atoms with Crippen LogP contribution in [0.25, 0.3) is 0 Å². The third-order valence-electron chi connectivity index (χ3n) is 3.53. The van der Waals surface area contributed by atoms with Crippen molar-refractivity contribution < 1.29 is 17.9 Å². The molecule has 0 aromatic heterocycles. The van der Waals surface area contributed by atoms with Gasteiger partial charge < -0.3 is 9.47 Å². The second-order valence-corrected chi connectivity index (χ2v) is 7.60. The molecule has 24 heavy (non-hydrogen) atoms. The summed E-state index contributed by atoms with van der Waals surface area (Å²) in [6, 6.07) is 11.9. The van der Waals surface area contributed by atoms with Gasteiger partial charge in [0.15, 0.2) is 0 Å². The van der Waals surface area contributed by atoms with E-state index in [0.29, 0.717) is 23.1 Å². The van der Waals surface area contributed by atoms with Crippen LogP contribution in [0.5, 0.6) is 11.5 Å². The summed E-state index contributed by atoms with van der Waals surface area (Å²) in [5.74, 6) is 1.49. The topological polar surface area (TPSA) is 64.6 Å². The number of ether oxygens (including phenoxy) is 2.